The van der Waals surface area contributed by atoms with E-state index >= 15 is 0 Å². The number of nitrogens with two attached hydrogens (primary N) is 1. The second kappa shape index (κ2) is 15.6. The first-order valence-corrected chi connectivity index (χ1v) is 16.8. The van der Waals surface area contributed by atoms with Crippen molar-refractivity contribution in [3.05, 3.63) is 94.2 Å². The summed E-state index contributed by atoms with van der Waals surface area (Å²) in [7, 11) is 0. The molecule has 49 heavy (non-hydrogen) atoms. The number of rotatable bonds is 8. The first kappa shape index (κ1) is 35.5. The molecule has 2 atom stereocenters. The predicted molar refractivity (Wildman–Crippen MR) is 191 cm³/mol. The molecule has 0 spiro atoms. The molecule has 2 aromatic carbocycles. The number of amides is 2. The highest BCUT2D eigenvalue weighted by atomic mass is 35.5. The number of hydrogen-bond acceptors (Lipinski definition) is 8. The molecule has 1 saturated heterocycles. The molecule has 2 amide bonds. The molecule has 13 heteroatoms. The number of nitrogens with zero attached hydrogens (tertiary/aromatic N) is 3. The van der Waals surface area contributed by atoms with Crippen LogP contribution < -0.4 is 31.3 Å². The molecular weight excluding hydrogens is 644 g/mol. The number of benzene rings is 2. The van der Waals surface area contributed by atoms with Gasteiger partial charge in [-0.25, -0.2) is 9.79 Å². The summed E-state index contributed by atoms with van der Waals surface area (Å²) >= 11 is 6.26. The summed E-state index contributed by atoms with van der Waals surface area (Å²) in [6.45, 7) is 7.44. The molecule has 1 aliphatic heterocycles. The van der Waals surface area contributed by atoms with Gasteiger partial charge in [-0.15, -0.1) is 0 Å². The van der Waals surface area contributed by atoms with Crippen molar-refractivity contribution in [2.24, 2.45) is 16.1 Å². The summed E-state index contributed by atoms with van der Waals surface area (Å²) in [5, 5.41) is 32.5. The number of fused-ring (bicyclic) bond motifs is 1. The lowest BCUT2D eigenvalue weighted by molar-refractivity contribution is 0.171. The lowest BCUT2D eigenvalue weighted by Crippen LogP contribution is -2.42. The largest absolute Gasteiger partial charge is 0.490 e. The van der Waals surface area contributed by atoms with Crippen molar-refractivity contribution < 1.29 is 19.4 Å². The Balaban J connectivity index is 1.33. The molecule has 5 rings (SSSR count). The average Bonchev–Trinajstić information content (AvgIpc) is 3.61. The van der Waals surface area contributed by atoms with Crippen LogP contribution in [0.4, 0.5) is 10.5 Å². The van der Waals surface area contributed by atoms with Crippen molar-refractivity contribution in [3.63, 3.8) is 0 Å². The maximum absolute atomic E-state index is 13.5. The molecule has 1 fully saturated rings. The van der Waals surface area contributed by atoms with E-state index in [-0.39, 0.29) is 48.1 Å². The number of ether oxygens (including phenoxy) is 2. The molecule has 2 aliphatic rings. The minimum Gasteiger partial charge on any atom is -0.490 e. The van der Waals surface area contributed by atoms with Gasteiger partial charge in [0.15, 0.2) is 0 Å². The van der Waals surface area contributed by atoms with E-state index in [1.807, 2.05) is 49.9 Å². The van der Waals surface area contributed by atoms with E-state index in [2.05, 4.69) is 15.6 Å². The zero-order valence-corrected chi connectivity index (χ0v) is 28.9. The van der Waals surface area contributed by atoms with E-state index in [1.54, 1.807) is 47.2 Å². The summed E-state index contributed by atoms with van der Waals surface area (Å²) < 4.78 is 13.5. The van der Waals surface area contributed by atoms with Gasteiger partial charge in [0.1, 0.15) is 35.5 Å². The number of aliphatic hydroxyl groups is 1. The molecule has 2 heterocycles. The highest BCUT2D eigenvalue weighted by Crippen LogP contribution is 2.38. The van der Waals surface area contributed by atoms with Crippen molar-refractivity contribution in [3.8, 4) is 11.5 Å². The van der Waals surface area contributed by atoms with Crippen LogP contribution in [0.2, 0.25) is 5.02 Å². The summed E-state index contributed by atoms with van der Waals surface area (Å²) in [6, 6.07) is 15.5. The fraction of sp³-hybridized carbons (Fsp3) is 0.389. The normalized spacial score (nSPS) is 18.1. The van der Waals surface area contributed by atoms with Crippen molar-refractivity contribution in [1.82, 2.24) is 20.1 Å². The van der Waals surface area contributed by atoms with Crippen molar-refractivity contribution >= 4 is 35.1 Å². The maximum Gasteiger partial charge on any atom is 0.320 e. The number of likely N-dealkylation sites (tertiary alicyclic amines) is 1. The summed E-state index contributed by atoms with van der Waals surface area (Å²) in [6.07, 6.45) is 6.40. The second-order valence-electron chi connectivity index (χ2n) is 13.1. The number of pyridine rings is 1. The molecule has 0 unspecified atom stereocenters. The van der Waals surface area contributed by atoms with Crippen LogP contribution in [0.25, 0.3) is 0 Å². The Labute approximate surface area is 291 Å². The van der Waals surface area contributed by atoms with Crippen LogP contribution in [0.5, 0.6) is 11.5 Å². The molecule has 0 saturated carbocycles. The number of halogens is 1. The number of aliphatic hydroxyl groups excluding tert-OH is 1. The monoisotopic (exact) mass is 688 g/mol. The lowest BCUT2D eigenvalue weighted by atomic mass is 9.85. The van der Waals surface area contributed by atoms with Crippen molar-refractivity contribution in [2.45, 2.75) is 58.6 Å². The average molecular weight is 689 g/mol. The van der Waals surface area contributed by atoms with Crippen LogP contribution in [-0.4, -0.2) is 58.7 Å². The number of amidine groups is 1. The van der Waals surface area contributed by atoms with Gasteiger partial charge in [-0.05, 0) is 61.1 Å². The third-order valence-electron chi connectivity index (χ3n) is 8.49. The van der Waals surface area contributed by atoms with Crippen LogP contribution in [-0.2, 0) is 0 Å². The summed E-state index contributed by atoms with van der Waals surface area (Å²) in [5.74, 6) is 1.44. The van der Waals surface area contributed by atoms with Crippen molar-refractivity contribution in [1.29, 1.82) is 10.8 Å². The smallest absolute Gasteiger partial charge is 0.320 e. The maximum atomic E-state index is 13.5. The number of aliphatic imine (C=N–C) groups is 1. The van der Waals surface area contributed by atoms with Crippen molar-refractivity contribution in [2.75, 3.05) is 26.3 Å². The number of carbonyl (C=O) groups is 1. The lowest BCUT2D eigenvalue weighted by Gasteiger charge is -2.32. The minimum atomic E-state index is -0.450. The Kier molecular flexibility index (Phi) is 11.3. The Morgan fingerprint density at radius 3 is 2.57 bits per heavy atom. The van der Waals surface area contributed by atoms with Gasteiger partial charge in [0, 0.05) is 36.3 Å². The van der Waals surface area contributed by atoms with Gasteiger partial charge < -0.3 is 30.5 Å². The van der Waals surface area contributed by atoms with Crippen LogP contribution in [0.3, 0.4) is 0 Å². The van der Waals surface area contributed by atoms with Gasteiger partial charge in [-0.1, -0.05) is 56.6 Å². The molecular formula is C36H45ClN8O4. The number of hydrogen-bond donors (Lipinski definition) is 6. The fourth-order valence-electron chi connectivity index (χ4n) is 5.73. The molecule has 7 N–H and O–H groups in total. The SMILES string of the molecule is CC(C)(C)C(N)=CC(=Nc1ccc(Cl)c(OCCO)c1)NC(=O)N[C@H]1CC[C@@H](Oc2ccc(=N)n(C(=N)N3CCCC3)c2)c2ccccc21. The quantitative estimate of drug-likeness (QED) is 0.130. The molecule has 0 bridgehead atoms. The van der Waals surface area contributed by atoms with E-state index in [1.165, 1.54) is 0 Å². The van der Waals surface area contributed by atoms with Gasteiger partial charge in [0.2, 0.25) is 5.96 Å². The molecule has 260 valence electrons. The van der Waals surface area contributed by atoms with E-state index in [9.17, 15) is 4.79 Å². The Morgan fingerprint density at radius 1 is 1.12 bits per heavy atom. The third-order valence-corrected chi connectivity index (χ3v) is 8.80. The van der Waals surface area contributed by atoms with Crippen LogP contribution >= 0.6 is 11.6 Å². The fourth-order valence-corrected chi connectivity index (χ4v) is 5.90. The van der Waals surface area contributed by atoms with E-state index in [4.69, 9.17) is 42.7 Å². The number of allylic oxidation sites excluding steroid dienone is 1. The van der Waals surface area contributed by atoms with Crippen LogP contribution in [0.1, 0.15) is 69.7 Å². The van der Waals surface area contributed by atoms with E-state index < -0.39 is 6.03 Å². The molecule has 3 aromatic rings. The van der Waals surface area contributed by atoms with Crippen LogP contribution in [0, 0.1) is 16.2 Å². The number of aromatic nitrogens is 1. The molecule has 1 aliphatic carbocycles. The van der Waals surface area contributed by atoms with E-state index in [0.29, 0.717) is 40.7 Å². The molecule has 12 nitrogen and oxygen atoms in total. The third kappa shape index (κ3) is 9.01. The van der Waals surface area contributed by atoms with Gasteiger partial charge in [-0.2, -0.15) is 0 Å². The summed E-state index contributed by atoms with van der Waals surface area (Å²) in [5.41, 5.74) is 9.13. The number of carbonyl (C=O) groups excluding carboxylic acids is 1. The predicted octanol–water partition coefficient (Wildman–Crippen LogP) is 5.74. The van der Waals surface area contributed by atoms with Gasteiger partial charge >= 0.3 is 6.03 Å². The second-order valence-corrected chi connectivity index (χ2v) is 13.5. The highest BCUT2D eigenvalue weighted by Gasteiger charge is 2.30. The topological polar surface area (TPSA) is 174 Å². The van der Waals surface area contributed by atoms with E-state index in [0.717, 1.165) is 37.1 Å². The summed E-state index contributed by atoms with van der Waals surface area (Å²) in [4.78, 5) is 20.1. The molecule has 0 radical (unpaired) electrons. The van der Waals surface area contributed by atoms with Gasteiger partial charge in [-0.3, -0.25) is 20.7 Å². The number of nitrogens with one attached hydrogen (secondary N) is 4. The van der Waals surface area contributed by atoms with Gasteiger partial charge in [0.05, 0.1) is 29.6 Å². The minimum absolute atomic E-state index is 0.0763. The Hall–Kier alpha value is -4.81. The Bertz CT molecular complexity index is 1790. The zero-order valence-electron chi connectivity index (χ0n) is 28.1. The van der Waals surface area contributed by atoms with Gasteiger partial charge in [0.25, 0.3) is 0 Å². The molecule has 1 aromatic heterocycles. The Morgan fingerprint density at radius 2 is 1.86 bits per heavy atom. The zero-order chi connectivity index (χ0) is 35.1. The standard InChI is InChI=1S/C36H45ClN8O4/c1-36(2,3)31(38)21-33(41-23-10-12-27(37)30(20-23)48-19-18-46)43-35(47)42-28-13-14-29(26-9-5-4-8-25(26)28)49-24-11-15-32(39)45(22-24)34(40)44-16-6-7-17-44/h4-5,8-12,15,20-22,28-29,39-40,46H,6-7,13-14,16-19,38H2,1-3H3,(H2,41,42,43,47)/t28-,29+/m0/s1. The first-order chi connectivity index (χ1) is 23.4. The first-order valence-electron chi connectivity index (χ1n) is 16.5. The highest BCUT2D eigenvalue weighted by molar-refractivity contribution is 6.32. The number of urea groups is 1. The van der Waals surface area contributed by atoms with Crippen LogP contribution in [0.15, 0.2) is 77.6 Å².